The molecule has 0 bridgehead atoms. The van der Waals surface area contributed by atoms with Crippen LogP contribution >= 0.6 is 23.3 Å². The molecular formula is C13H11N3OS2. The number of nitrogen functional groups attached to an aromatic ring is 1. The zero-order valence-electron chi connectivity index (χ0n) is 9.91. The number of hydrogen-bond acceptors (Lipinski definition) is 6. The Morgan fingerprint density at radius 1 is 1.16 bits per heavy atom. The third-order valence-electron chi connectivity index (χ3n) is 2.81. The lowest BCUT2D eigenvalue weighted by atomic mass is 10.1. The van der Waals surface area contributed by atoms with Gasteiger partial charge in [0, 0.05) is 27.6 Å². The van der Waals surface area contributed by atoms with Crippen LogP contribution in [0, 0.1) is 0 Å². The van der Waals surface area contributed by atoms with Crippen LogP contribution in [0.3, 0.4) is 0 Å². The third-order valence-corrected chi connectivity index (χ3v) is 4.49. The lowest BCUT2D eigenvalue weighted by Crippen LogP contribution is -1.89. The molecule has 2 aromatic carbocycles. The van der Waals surface area contributed by atoms with Gasteiger partial charge in [-0.25, -0.2) is 0 Å². The van der Waals surface area contributed by atoms with Crippen molar-refractivity contribution in [2.24, 2.45) is 0 Å². The average molecular weight is 289 g/mol. The van der Waals surface area contributed by atoms with Gasteiger partial charge < -0.3 is 10.8 Å². The van der Waals surface area contributed by atoms with Crippen LogP contribution in [0.15, 0.2) is 41.3 Å². The third kappa shape index (κ3) is 2.36. The van der Waals surface area contributed by atoms with Gasteiger partial charge in [0.05, 0.1) is 0 Å². The summed E-state index contributed by atoms with van der Waals surface area (Å²) >= 11 is 2.85. The predicted molar refractivity (Wildman–Crippen MR) is 79.5 cm³/mol. The Labute approximate surface area is 118 Å². The van der Waals surface area contributed by atoms with E-state index >= 15 is 0 Å². The molecule has 0 saturated heterocycles. The summed E-state index contributed by atoms with van der Waals surface area (Å²) in [6.45, 7) is 0. The number of aromatic hydroxyl groups is 1. The number of nitrogens with zero attached hydrogens (tertiary/aromatic N) is 2. The normalized spacial score (nSPS) is 10.9. The van der Waals surface area contributed by atoms with E-state index in [1.165, 1.54) is 11.5 Å². The van der Waals surface area contributed by atoms with Crippen molar-refractivity contribution in [3.8, 4) is 5.75 Å². The Kier molecular flexibility index (Phi) is 3.27. The second-order valence-electron chi connectivity index (χ2n) is 4.00. The number of thioether (sulfide) groups is 1. The first-order valence-electron chi connectivity index (χ1n) is 5.66. The van der Waals surface area contributed by atoms with Crippen LogP contribution in [0.2, 0.25) is 0 Å². The van der Waals surface area contributed by atoms with Gasteiger partial charge in [0.25, 0.3) is 0 Å². The Bertz CT molecular complexity index is 727. The number of anilines is 1. The largest absolute Gasteiger partial charge is 0.507 e. The molecule has 3 aromatic rings. The fourth-order valence-corrected chi connectivity index (χ4v) is 3.38. The first kappa shape index (κ1) is 12.3. The van der Waals surface area contributed by atoms with E-state index in [2.05, 4.69) is 9.59 Å². The molecule has 19 heavy (non-hydrogen) atoms. The molecule has 1 heterocycles. The summed E-state index contributed by atoms with van der Waals surface area (Å²) in [5.41, 5.74) is 6.59. The first-order chi connectivity index (χ1) is 9.25. The van der Waals surface area contributed by atoms with Gasteiger partial charge in [-0.15, -0.1) is 16.9 Å². The van der Waals surface area contributed by atoms with E-state index in [1.54, 1.807) is 17.8 Å². The van der Waals surface area contributed by atoms with E-state index in [0.717, 1.165) is 21.4 Å². The zero-order valence-corrected chi connectivity index (χ0v) is 11.5. The molecule has 0 amide bonds. The highest BCUT2D eigenvalue weighted by atomic mass is 32.2. The lowest BCUT2D eigenvalue weighted by Gasteiger charge is -2.07. The monoisotopic (exact) mass is 289 g/mol. The minimum absolute atomic E-state index is 0.301. The summed E-state index contributed by atoms with van der Waals surface area (Å²) in [6, 6.07) is 11.4. The number of aromatic nitrogens is 2. The Balaban J connectivity index is 1.93. The summed E-state index contributed by atoms with van der Waals surface area (Å²) in [4.78, 5) is 1.10. The molecular weight excluding hydrogens is 278 g/mol. The second kappa shape index (κ2) is 5.07. The highest BCUT2D eigenvalue weighted by Gasteiger charge is 2.08. The van der Waals surface area contributed by atoms with E-state index in [9.17, 15) is 5.11 Å². The molecule has 0 atom stereocenters. The minimum Gasteiger partial charge on any atom is -0.507 e. The van der Waals surface area contributed by atoms with E-state index < -0.39 is 0 Å². The molecule has 0 aliphatic heterocycles. The van der Waals surface area contributed by atoms with Crippen LogP contribution < -0.4 is 5.73 Å². The van der Waals surface area contributed by atoms with Gasteiger partial charge in [0.2, 0.25) is 0 Å². The van der Waals surface area contributed by atoms with Gasteiger partial charge in [-0.1, -0.05) is 28.8 Å². The Hall–Kier alpha value is -1.79. The number of fused-ring (bicyclic) bond motifs is 1. The molecule has 0 unspecified atom stereocenters. The van der Waals surface area contributed by atoms with Crippen molar-refractivity contribution in [3.63, 3.8) is 0 Å². The number of phenols is 1. The number of rotatable bonds is 3. The molecule has 0 saturated carbocycles. The Morgan fingerprint density at radius 3 is 2.68 bits per heavy atom. The maximum Gasteiger partial charge on any atom is 0.131 e. The molecule has 6 heteroatoms. The van der Waals surface area contributed by atoms with Crippen molar-refractivity contribution in [2.45, 2.75) is 10.6 Å². The smallest absolute Gasteiger partial charge is 0.131 e. The summed E-state index contributed by atoms with van der Waals surface area (Å²) < 4.78 is 3.82. The molecule has 0 fully saturated rings. The van der Waals surface area contributed by atoms with Gasteiger partial charge >= 0.3 is 0 Å². The van der Waals surface area contributed by atoms with E-state index in [0.29, 0.717) is 16.5 Å². The molecule has 0 radical (unpaired) electrons. The van der Waals surface area contributed by atoms with Gasteiger partial charge in [0.1, 0.15) is 16.4 Å². The van der Waals surface area contributed by atoms with Gasteiger partial charge in [-0.2, -0.15) is 0 Å². The van der Waals surface area contributed by atoms with Crippen molar-refractivity contribution in [2.75, 3.05) is 5.73 Å². The van der Waals surface area contributed by atoms with Gasteiger partial charge in [-0.05, 0) is 17.5 Å². The molecule has 3 rings (SSSR count). The minimum atomic E-state index is 0.301. The maximum atomic E-state index is 9.84. The number of hydrogen-bond donors (Lipinski definition) is 2. The molecule has 96 valence electrons. The van der Waals surface area contributed by atoms with Gasteiger partial charge in [-0.3, -0.25) is 0 Å². The maximum absolute atomic E-state index is 9.84. The highest BCUT2D eigenvalue weighted by molar-refractivity contribution is 7.98. The quantitative estimate of drug-likeness (QED) is 0.724. The fraction of sp³-hybridized carbons (Fsp3) is 0.0769. The van der Waals surface area contributed by atoms with Crippen molar-refractivity contribution >= 4 is 39.1 Å². The molecule has 1 aromatic heterocycles. The number of nitrogens with two attached hydrogens (primary N) is 1. The fourth-order valence-electron chi connectivity index (χ4n) is 1.84. The topological polar surface area (TPSA) is 72.0 Å². The van der Waals surface area contributed by atoms with Crippen molar-refractivity contribution in [3.05, 3.63) is 42.1 Å². The standard InChI is InChI=1S/C13H11N3OS2/c14-13-10(15-16-19-13)7-18-12-6-5-11(17)8-3-1-2-4-9(8)12/h1-6,17H,7,14H2. The summed E-state index contributed by atoms with van der Waals surface area (Å²) in [7, 11) is 0. The van der Waals surface area contributed by atoms with E-state index in [1.807, 2.05) is 30.3 Å². The van der Waals surface area contributed by atoms with Crippen LogP contribution in [0.5, 0.6) is 5.75 Å². The van der Waals surface area contributed by atoms with Crippen LogP contribution in [0.25, 0.3) is 10.8 Å². The van der Waals surface area contributed by atoms with Crippen molar-refractivity contribution in [1.82, 2.24) is 9.59 Å². The molecule has 3 N–H and O–H groups in total. The van der Waals surface area contributed by atoms with E-state index in [-0.39, 0.29) is 0 Å². The molecule has 0 aliphatic carbocycles. The number of benzene rings is 2. The molecule has 0 spiro atoms. The zero-order chi connectivity index (χ0) is 13.2. The summed E-state index contributed by atoms with van der Waals surface area (Å²) in [6.07, 6.45) is 0. The summed E-state index contributed by atoms with van der Waals surface area (Å²) in [5.74, 6) is 0.978. The predicted octanol–water partition coefficient (Wildman–Crippen LogP) is 3.27. The first-order valence-corrected chi connectivity index (χ1v) is 7.42. The Morgan fingerprint density at radius 2 is 1.95 bits per heavy atom. The van der Waals surface area contributed by atoms with Crippen LogP contribution in [0.1, 0.15) is 5.69 Å². The summed E-state index contributed by atoms with van der Waals surface area (Å²) in [5, 5.41) is 16.4. The average Bonchev–Trinajstić information content (AvgIpc) is 2.84. The SMILES string of the molecule is Nc1snnc1CSc1ccc(O)c2ccccc12. The highest BCUT2D eigenvalue weighted by Crippen LogP contribution is 2.35. The van der Waals surface area contributed by atoms with Crippen LogP contribution in [-0.4, -0.2) is 14.7 Å². The van der Waals surface area contributed by atoms with E-state index in [4.69, 9.17) is 5.73 Å². The van der Waals surface area contributed by atoms with Crippen molar-refractivity contribution < 1.29 is 5.11 Å². The molecule has 4 nitrogen and oxygen atoms in total. The lowest BCUT2D eigenvalue weighted by molar-refractivity contribution is 0.481. The van der Waals surface area contributed by atoms with Crippen molar-refractivity contribution in [1.29, 1.82) is 0 Å². The second-order valence-corrected chi connectivity index (χ2v) is 5.80. The molecule has 0 aliphatic rings. The van der Waals surface area contributed by atoms with Crippen LogP contribution in [-0.2, 0) is 5.75 Å². The van der Waals surface area contributed by atoms with Crippen LogP contribution in [0.4, 0.5) is 5.00 Å². The van der Waals surface area contributed by atoms with Gasteiger partial charge in [0.15, 0.2) is 0 Å². The number of phenolic OH excluding ortho intramolecular Hbond substituents is 1.